The van der Waals surface area contributed by atoms with E-state index in [2.05, 4.69) is 21.2 Å². The van der Waals surface area contributed by atoms with E-state index in [9.17, 15) is 22.4 Å². The Hall–Kier alpha value is -1.11. The maximum atomic E-state index is 13.4. The molecule has 1 rings (SSSR count). The van der Waals surface area contributed by atoms with Gasteiger partial charge in [0, 0.05) is 11.4 Å². The summed E-state index contributed by atoms with van der Waals surface area (Å²) in [6.45, 7) is 1.80. The first kappa shape index (κ1) is 15.9. The monoisotopic (exact) mass is 341 g/mol. The highest BCUT2D eigenvalue weighted by Gasteiger charge is 2.32. The van der Waals surface area contributed by atoms with E-state index in [1.807, 2.05) is 0 Å². The lowest BCUT2D eigenvalue weighted by atomic mass is 10.1. The average molecular weight is 342 g/mol. The van der Waals surface area contributed by atoms with Crippen LogP contribution in [0.3, 0.4) is 0 Å². The molecule has 0 aliphatic rings. The molecule has 2 nitrogen and oxygen atoms in total. The van der Waals surface area contributed by atoms with E-state index in [0.29, 0.717) is 30.0 Å². The highest BCUT2D eigenvalue weighted by atomic mass is 79.9. The summed E-state index contributed by atoms with van der Waals surface area (Å²) in [5.41, 5.74) is -1.65. The van der Waals surface area contributed by atoms with Crippen molar-refractivity contribution >= 4 is 21.8 Å². The van der Waals surface area contributed by atoms with E-state index in [0.717, 1.165) is 0 Å². The Morgan fingerprint density at radius 2 is 2.05 bits per heavy atom. The molecule has 1 unspecified atom stereocenters. The van der Waals surface area contributed by atoms with Crippen LogP contribution in [0.15, 0.2) is 18.2 Å². The zero-order chi connectivity index (χ0) is 14.6. The Bertz CT molecular complexity index is 458. The summed E-state index contributed by atoms with van der Waals surface area (Å²) in [5.74, 6) is -1.83. The van der Waals surface area contributed by atoms with Crippen molar-refractivity contribution in [1.82, 2.24) is 5.32 Å². The van der Waals surface area contributed by atoms with E-state index in [1.54, 1.807) is 6.92 Å². The summed E-state index contributed by atoms with van der Waals surface area (Å²) >= 11 is 3.15. The number of benzene rings is 1. The van der Waals surface area contributed by atoms with Crippen LogP contribution in [-0.2, 0) is 6.18 Å². The molecule has 0 radical (unpaired) electrons. The first-order valence-electron chi connectivity index (χ1n) is 5.53. The van der Waals surface area contributed by atoms with E-state index in [-0.39, 0.29) is 6.04 Å². The van der Waals surface area contributed by atoms with Crippen LogP contribution in [0.1, 0.15) is 29.3 Å². The summed E-state index contributed by atoms with van der Waals surface area (Å²) < 4.78 is 50.9. The third kappa shape index (κ3) is 4.19. The van der Waals surface area contributed by atoms with Gasteiger partial charge in [-0.2, -0.15) is 13.2 Å². The highest BCUT2D eigenvalue weighted by Crippen LogP contribution is 2.30. The van der Waals surface area contributed by atoms with Gasteiger partial charge in [-0.05, 0) is 24.6 Å². The maximum absolute atomic E-state index is 13.4. The van der Waals surface area contributed by atoms with Crippen molar-refractivity contribution in [3.63, 3.8) is 0 Å². The second-order valence-electron chi connectivity index (χ2n) is 3.93. The quantitative estimate of drug-likeness (QED) is 0.655. The zero-order valence-electron chi connectivity index (χ0n) is 10.0. The van der Waals surface area contributed by atoms with Gasteiger partial charge < -0.3 is 5.32 Å². The van der Waals surface area contributed by atoms with Crippen LogP contribution in [-0.4, -0.2) is 17.3 Å². The Morgan fingerprint density at radius 1 is 1.42 bits per heavy atom. The third-order valence-corrected chi connectivity index (χ3v) is 3.33. The van der Waals surface area contributed by atoms with E-state index in [1.165, 1.54) is 0 Å². The fraction of sp³-hybridized carbons (Fsp3) is 0.417. The number of amides is 1. The number of hydrogen-bond acceptors (Lipinski definition) is 1. The molecule has 106 valence electrons. The number of carbonyl (C=O) groups is 1. The minimum Gasteiger partial charge on any atom is -0.348 e. The van der Waals surface area contributed by atoms with Gasteiger partial charge >= 0.3 is 6.18 Å². The lowest BCUT2D eigenvalue weighted by Crippen LogP contribution is -2.36. The standard InChI is InChI=1S/C12H12BrF4NO/c1-2-8(6-13)18-11(19)9-5-7(12(15,16)17)3-4-10(9)14/h3-5,8H,2,6H2,1H3,(H,18,19). The minimum atomic E-state index is -4.61. The predicted molar refractivity (Wildman–Crippen MR) is 66.7 cm³/mol. The summed E-state index contributed by atoms with van der Waals surface area (Å²) in [6.07, 6.45) is -4.03. The van der Waals surface area contributed by atoms with Gasteiger partial charge in [0.05, 0.1) is 11.1 Å². The van der Waals surface area contributed by atoms with Crippen molar-refractivity contribution < 1.29 is 22.4 Å². The van der Waals surface area contributed by atoms with Gasteiger partial charge in [-0.1, -0.05) is 22.9 Å². The van der Waals surface area contributed by atoms with Crippen LogP contribution in [0.4, 0.5) is 17.6 Å². The zero-order valence-corrected chi connectivity index (χ0v) is 11.6. The Kier molecular flexibility index (Phi) is 5.34. The Morgan fingerprint density at radius 3 is 2.53 bits per heavy atom. The fourth-order valence-corrected chi connectivity index (χ4v) is 2.01. The third-order valence-electron chi connectivity index (χ3n) is 2.55. The number of rotatable bonds is 4. The molecule has 0 spiro atoms. The molecule has 0 bridgehead atoms. The molecule has 1 N–H and O–H groups in total. The number of carbonyl (C=O) groups excluding carboxylic acids is 1. The summed E-state index contributed by atoms with van der Waals surface area (Å²) in [6, 6.07) is 1.51. The van der Waals surface area contributed by atoms with Gasteiger partial charge in [-0.15, -0.1) is 0 Å². The van der Waals surface area contributed by atoms with E-state index in [4.69, 9.17) is 0 Å². The SMILES string of the molecule is CCC(CBr)NC(=O)c1cc(C(F)(F)F)ccc1F. The summed E-state index contributed by atoms with van der Waals surface area (Å²) in [7, 11) is 0. The molecule has 1 amide bonds. The average Bonchev–Trinajstić information content (AvgIpc) is 2.34. The van der Waals surface area contributed by atoms with Gasteiger partial charge in [0.15, 0.2) is 0 Å². The molecule has 1 atom stereocenters. The number of alkyl halides is 4. The van der Waals surface area contributed by atoms with Crippen LogP contribution in [0, 0.1) is 5.82 Å². The highest BCUT2D eigenvalue weighted by molar-refractivity contribution is 9.09. The van der Waals surface area contributed by atoms with Gasteiger partial charge in [0.25, 0.3) is 5.91 Å². The first-order chi connectivity index (χ1) is 8.79. The van der Waals surface area contributed by atoms with Gasteiger partial charge in [0.1, 0.15) is 5.82 Å². The topological polar surface area (TPSA) is 29.1 Å². The Balaban J connectivity index is 3.02. The van der Waals surface area contributed by atoms with Crippen molar-refractivity contribution in [2.75, 3.05) is 5.33 Å². The second kappa shape index (κ2) is 6.36. The molecular formula is C12H12BrF4NO. The van der Waals surface area contributed by atoms with Crippen LogP contribution in [0.2, 0.25) is 0 Å². The molecule has 0 aliphatic heterocycles. The normalized spacial score (nSPS) is 13.2. The maximum Gasteiger partial charge on any atom is 0.416 e. The molecule has 0 saturated carbocycles. The molecule has 7 heteroatoms. The van der Waals surface area contributed by atoms with Gasteiger partial charge in [-0.3, -0.25) is 4.79 Å². The number of hydrogen-bond donors (Lipinski definition) is 1. The van der Waals surface area contributed by atoms with E-state index < -0.39 is 29.0 Å². The van der Waals surface area contributed by atoms with Gasteiger partial charge in [-0.25, -0.2) is 4.39 Å². The molecule has 0 aliphatic carbocycles. The second-order valence-corrected chi connectivity index (χ2v) is 4.57. The largest absolute Gasteiger partial charge is 0.416 e. The van der Waals surface area contributed by atoms with Crippen LogP contribution >= 0.6 is 15.9 Å². The van der Waals surface area contributed by atoms with Crippen LogP contribution in [0.25, 0.3) is 0 Å². The molecule has 0 aromatic heterocycles. The molecule has 0 saturated heterocycles. The summed E-state index contributed by atoms with van der Waals surface area (Å²) in [5, 5.41) is 2.90. The van der Waals surface area contributed by atoms with Crippen molar-refractivity contribution in [1.29, 1.82) is 0 Å². The van der Waals surface area contributed by atoms with Gasteiger partial charge in [0.2, 0.25) is 0 Å². The van der Waals surface area contributed by atoms with Crippen LogP contribution in [0.5, 0.6) is 0 Å². The Labute approximate surface area is 116 Å². The van der Waals surface area contributed by atoms with E-state index >= 15 is 0 Å². The van der Waals surface area contributed by atoms with Crippen molar-refractivity contribution in [2.45, 2.75) is 25.6 Å². The van der Waals surface area contributed by atoms with Crippen LogP contribution < -0.4 is 5.32 Å². The molecule has 19 heavy (non-hydrogen) atoms. The first-order valence-corrected chi connectivity index (χ1v) is 6.65. The molecule has 0 fully saturated rings. The van der Waals surface area contributed by atoms with Crippen molar-refractivity contribution in [2.24, 2.45) is 0 Å². The van der Waals surface area contributed by atoms with Crippen molar-refractivity contribution in [3.8, 4) is 0 Å². The predicted octanol–water partition coefficient (Wildman–Crippen LogP) is 3.75. The summed E-state index contributed by atoms with van der Waals surface area (Å²) in [4.78, 5) is 11.7. The lowest BCUT2D eigenvalue weighted by molar-refractivity contribution is -0.137. The number of halogens is 5. The minimum absolute atomic E-state index is 0.263. The fourth-order valence-electron chi connectivity index (χ4n) is 1.39. The smallest absolute Gasteiger partial charge is 0.348 e. The van der Waals surface area contributed by atoms with Crippen molar-refractivity contribution in [3.05, 3.63) is 35.1 Å². The number of nitrogens with one attached hydrogen (secondary N) is 1. The molecule has 1 aromatic carbocycles. The lowest BCUT2D eigenvalue weighted by Gasteiger charge is -2.15. The molecule has 1 aromatic rings. The molecular weight excluding hydrogens is 330 g/mol. The molecule has 0 heterocycles.